The van der Waals surface area contributed by atoms with Gasteiger partial charge in [0.2, 0.25) is 0 Å². The van der Waals surface area contributed by atoms with E-state index in [0.29, 0.717) is 0 Å². The monoisotopic (exact) mass is 159 g/mol. The Morgan fingerprint density at radius 2 is 2.27 bits per heavy atom. The number of urea groups is 1. The number of methoxy groups -OCH3 is 1. The first-order valence-electron chi connectivity index (χ1n) is 3.13. The number of hydrogen-bond acceptors (Lipinski definition) is 3. The maximum absolute atomic E-state index is 10.1. The summed E-state index contributed by atoms with van der Waals surface area (Å²) in [6.45, 7) is 3.61. The smallest absolute Gasteiger partial charge is 0.332 e. The zero-order valence-corrected chi connectivity index (χ0v) is 6.92. The average Bonchev–Trinajstić information content (AvgIpc) is 1.87. The van der Waals surface area contributed by atoms with E-state index < -0.39 is 11.6 Å². The normalized spacial score (nSPS) is 11.9. The van der Waals surface area contributed by atoms with E-state index in [-0.39, 0.29) is 0 Å². The van der Waals surface area contributed by atoms with E-state index in [1.165, 1.54) is 6.21 Å². The fourth-order valence-corrected chi connectivity index (χ4v) is 0.304. The number of carbonyl (C=O) groups excluding carboxylic acids is 1. The number of nitrogens with zero attached hydrogens (tertiary/aromatic N) is 1. The van der Waals surface area contributed by atoms with Crippen LogP contribution in [0.2, 0.25) is 0 Å². The van der Waals surface area contributed by atoms with Gasteiger partial charge in [-0.3, -0.25) is 0 Å². The maximum atomic E-state index is 10.1. The lowest BCUT2D eigenvalue weighted by Crippen LogP contribution is -2.29. The number of rotatable bonds is 3. The van der Waals surface area contributed by atoms with Gasteiger partial charge in [-0.1, -0.05) is 0 Å². The van der Waals surface area contributed by atoms with Crippen LogP contribution >= 0.6 is 0 Å². The summed E-state index contributed by atoms with van der Waals surface area (Å²) >= 11 is 0. The van der Waals surface area contributed by atoms with E-state index in [4.69, 9.17) is 10.5 Å². The minimum atomic E-state index is -0.687. The van der Waals surface area contributed by atoms with Crippen LogP contribution in [-0.2, 0) is 4.74 Å². The van der Waals surface area contributed by atoms with Gasteiger partial charge in [0.05, 0.1) is 11.8 Å². The Kier molecular flexibility index (Phi) is 3.53. The Hall–Kier alpha value is -1.10. The SMILES string of the molecule is COC(C)(C)/C=N/NC(N)=O. The van der Waals surface area contributed by atoms with Gasteiger partial charge in [0.25, 0.3) is 0 Å². The fourth-order valence-electron chi connectivity index (χ4n) is 0.304. The standard InChI is InChI=1S/C6H13N3O2/c1-6(2,11-3)4-8-9-5(7)10/h4H,1-3H3,(H3,7,9,10)/b8-4+. The molecule has 64 valence electrons. The van der Waals surface area contributed by atoms with Crippen LogP contribution in [0.1, 0.15) is 13.8 Å². The molecule has 0 saturated heterocycles. The first-order valence-corrected chi connectivity index (χ1v) is 3.13. The van der Waals surface area contributed by atoms with Crippen LogP contribution in [-0.4, -0.2) is 25.0 Å². The third-order valence-electron chi connectivity index (χ3n) is 1.08. The van der Waals surface area contributed by atoms with E-state index in [1.54, 1.807) is 21.0 Å². The van der Waals surface area contributed by atoms with Crippen LogP contribution in [0.25, 0.3) is 0 Å². The van der Waals surface area contributed by atoms with Gasteiger partial charge in [0.15, 0.2) is 0 Å². The molecule has 3 N–H and O–H groups in total. The molecule has 0 heterocycles. The molecule has 0 aromatic heterocycles. The Labute approximate surface area is 65.6 Å². The quantitative estimate of drug-likeness (QED) is 0.451. The summed E-state index contributed by atoms with van der Waals surface area (Å²) in [6, 6.07) is -0.687. The van der Waals surface area contributed by atoms with Crippen molar-refractivity contribution in [1.29, 1.82) is 0 Å². The van der Waals surface area contributed by atoms with Crippen molar-refractivity contribution in [3.8, 4) is 0 Å². The van der Waals surface area contributed by atoms with E-state index in [1.807, 2.05) is 0 Å². The predicted octanol–water partition coefficient (Wildman–Crippen LogP) is 0.0655. The number of carbonyl (C=O) groups is 1. The molecule has 5 nitrogen and oxygen atoms in total. The summed E-state index contributed by atoms with van der Waals surface area (Å²) in [5.74, 6) is 0. The molecule has 0 aliphatic carbocycles. The minimum Gasteiger partial charge on any atom is -0.373 e. The number of ether oxygens (including phenoxy) is 1. The molecule has 11 heavy (non-hydrogen) atoms. The van der Waals surface area contributed by atoms with Crippen LogP contribution in [0.4, 0.5) is 4.79 Å². The lowest BCUT2D eigenvalue weighted by atomic mass is 10.2. The number of nitrogens with one attached hydrogen (secondary N) is 1. The zero-order valence-electron chi connectivity index (χ0n) is 6.92. The molecule has 0 aliphatic rings. The summed E-state index contributed by atoms with van der Waals surface area (Å²) in [5, 5.41) is 3.54. The molecule has 0 fully saturated rings. The summed E-state index contributed by atoms with van der Waals surface area (Å²) < 4.78 is 4.98. The van der Waals surface area contributed by atoms with Gasteiger partial charge < -0.3 is 10.5 Å². The maximum Gasteiger partial charge on any atom is 0.332 e. The number of nitrogens with two attached hydrogens (primary N) is 1. The topological polar surface area (TPSA) is 76.7 Å². The molecule has 0 bridgehead atoms. The van der Waals surface area contributed by atoms with Gasteiger partial charge in [-0.05, 0) is 13.8 Å². The highest BCUT2D eigenvalue weighted by molar-refractivity contribution is 5.74. The Morgan fingerprint density at radius 3 is 2.64 bits per heavy atom. The van der Waals surface area contributed by atoms with E-state index >= 15 is 0 Å². The van der Waals surface area contributed by atoms with E-state index in [0.717, 1.165) is 0 Å². The molecule has 2 amide bonds. The summed E-state index contributed by atoms with van der Waals surface area (Å²) in [7, 11) is 1.55. The van der Waals surface area contributed by atoms with Crippen LogP contribution in [0.3, 0.4) is 0 Å². The Morgan fingerprint density at radius 1 is 1.73 bits per heavy atom. The third-order valence-corrected chi connectivity index (χ3v) is 1.08. The van der Waals surface area contributed by atoms with Crippen molar-refractivity contribution < 1.29 is 9.53 Å². The first kappa shape index (κ1) is 9.90. The lowest BCUT2D eigenvalue weighted by Gasteiger charge is -2.15. The van der Waals surface area contributed by atoms with Gasteiger partial charge in [0.1, 0.15) is 0 Å². The number of hydrogen-bond donors (Lipinski definition) is 2. The number of hydrazone groups is 1. The van der Waals surface area contributed by atoms with Gasteiger partial charge in [-0.15, -0.1) is 0 Å². The molecule has 0 saturated carbocycles. The Balaban J connectivity index is 3.82. The van der Waals surface area contributed by atoms with Crippen molar-refractivity contribution in [1.82, 2.24) is 5.43 Å². The third kappa shape index (κ3) is 5.35. The van der Waals surface area contributed by atoms with E-state index in [9.17, 15) is 4.79 Å². The van der Waals surface area contributed by atoms with Crippen molar-refractivity contribution in [2.24, 2.45) is 10.8 Å². The molecule has 0 rings (SSSR count). The molecule has 0 spiro atoms. The molecule has 0 aliphatic heterocycles. The Bertz CT molecular complexity index is 165. The number of amides is 2. The lowest BCUT2D eigenvalue weighted by molar-refractivity contribution is 0.0868. The predicted molar refractivity (Wildman–Crippen MR) is 42.3 cm³/mol. The second-order valence-electron chi connectivity index (χ2n) is 2.54. The molecular weight excluding hydrogens is 146 g/mol. The largest absolute Gasteiger partial charge is 0.373 e. The molecule has 0 aromatic rings. The zero-order chi connectivity index (χ0) is 8.91. The molecule has 0 atom stereocenters. The number of primary amides is 1. The molecular formula is C6H13N3O2. The van der Waals surface area contributed by atoms with Gasteiger partial charge in [0, 0.05) is 7.11 Å². The van der Waals surface area contributed by atoms with Crippen molar-refractivity contribution in [3.63, 3.8) is 0 Å². The highest BCUT2D eigenvalue weighted by atomic mass is 16.5. The van der Waals surface area contributed by atoms with E-state index in [2.05, 4.69) is 10.5 Å². The molecule has 0 unspecified atom stereocenters. The van der Waals surface area contributed by atoms with Gasteiger partial charge in [-0.2, -0.15) is 5.10 Å². The van der Waals surface area contributed by atoms with Crippen LogP contribution < -0.4 is 11.2 Å². The van der Waals surface area contributed by atoms with Crippen LogP contribution in [0, 0.1) is 0 Å². The highest BCUT2D eigenvalue weighted by Gasteiger charge is 2.11. The van der Waals surface area contributed by atoms with Crippen molar-refractivity contribution in [3.05, 3.63) is 0 Å². The summed E-state index contributed by atoms with van der Waals surface area (Å²) in [6.07, 6.45) is 1.46. The molecule has 0 aromatic carbocycles. The van der Waals surface area contributed by atoms with Crippen LogP contribution in [0.5, 0.6) is 0 Å². The second kappa shape index (κ2) is 3.92. The summed E-state index contributed by atoms with van der Waals surface area (Å²) in [5.41, 5.74) is 6.34. The average molecular weight is 159 g/mol. The van der Waals surface area contributed by atoms with Gasteiger partial charge >= 0.3 is 6.03 Å². The van der Waals surface area contributed by atoms with Crippen molar-refractivity contribution >= 4 is 12.2 Å². The molecule has 5 heteroatoms. The highest BCUT2D eigenvalue weighted by Crippen LogP contribution is 2.01. The van der Waals surface area contributed by atoms with Crippen LogP contribution in [0.15, 0.2) is 5.10 Å². The second-order valence-corrected chi connectivity index (χ2v) is 2.54. The van der Waals surface area contributed by atoms with Crippen molar-refractivity contribution in [2.75, 3.05) is 7.11 Å². The fraction of sp³-hybridized carbons (Fsp3) is 0.667. The summed E-state index contributed by atoms with van der Waals surface area (Å²) in [4.78, 5) is 10.1. The van der Waals surface area contributed by atoms with Crippen molar-refractivity contribution in [2.45, 2.75) is 19.4 Å². The molecule has 0 radical (unpaired) electrons. The van der Waals surface area contributed by atoms with Gasteiger partial charge in [-0.25, -0.2) is 10.2 Å². The minimum absolute atomic E-state index is 0.484. The first-order chi connectivity index (χ1) is 4.98.